The van der Waals surface area contributed by atoms with E-state index >= 15 is 0 Å². The van der Waals surface area contributed by atoms with Crippen LogP contribution in [0.25, 0.3) is 0 Å². The van der Waals surface area contributed by atoms with Gasteiger partial charge in [-0.25, -0.2) is 0 Å². The van der Waals surface area contributed by atoms with Gasteiger partial charge in [0.05, 0.1) is 9.82 Å². The summed E-state index contributed by atoms with van der Waals surface area (Å²) in [6, 6.07) is 14.2. The van der Waals surface area contributed by atoms with E-state index in [0.717, 1.165) is 23.1 Å². The van der Waals surface area contributed by atoms with Gasteiger partial charge in [-0.15, -0.1) is 20.4 Å². The first-order valence-electron chi connectivity index (χ1n) is 9.11. The third-order valence-corrected chi connectivity index (χ3v) is 7.28. The first kappa shape index (κ1) is 21.9. The lowest BCUT2D eigenvalue weighted by Crippen LogP contribution is -2.12. The molecule has 0 saturated carbocycles. The zero-order chi connectivity index (χ0) is 22.5. The molecule has 0 spiro atoms. The molecule has 0 radical (unpaired) electrons. The number of hydrogen-bond acceptors (Lipinski definition) is 10. The van der Waals surface area contributed by atoms with E-state index in [-0.39, 0.29) is 11.3 Å². The predicted molar refractivity (Wildman–Crippen MR) is 122 cm³/mol. The Kier molecular flexibility index (Phi) is 6.78. The molecular weight excluding hydrogens is 470 g/mol. The predicted octanol–water partition coefficient (Wildman–Crippen LogP) is 4.27. The van der Waals surface area contributed by atoms with Gasteiger partial charge in [0.15, 0.2) is 9.50 Å². The van der Waals surface area contributed by atoms with Crippen molar-refractivity contribution >= 4 is 51.6 Å². The molecule has 0 unspecified atom stereocenters. The molecular formula is C19H15N7O3S3. The Morgan fingerprint density at radius 1 is 1.19 bits per heavy atom. The molecule has 0 saturated heterocycles. The van der Waals surface area contributed by atoms with Crippen LogP contribution in [0, 0.1) is 10.1 Å². The topological polar surface area (TPSA) is 129 Å². The van der Waals surface area contributed by atoms with E-state index in [1.165, 1.54) is 47.6 Å². The van der Waals surface area contributed by atoms with E-state index in [1.807, 2.05) is 30.3 Å². The monoisotopic (exact) mass is 485 g/mol. The number of carbonyl (C=O) groups excluding carboxylic acids is 1. The molecule has 0 atom stereocenters. The van der Waals surface area contributed by atoms with E-state index in [0.29, 0.717) is 19.5 Å². The lowest BCUT2D eigenvalue weighted by Gasteiger charge is -2.05. The Morgan fingerprint density at radius 3 is 2.72 bits per heavy atom. The standard InChI is InChI=1S/C19H15N7O3S3/c1-25-11-20-23-18(25)31-15-8-7-13(9-14(15)26(28)29)16(27)21-17-22-24-19(32-17)30-10-12-5-3-2-4-6-12/h2-9,11H,10H2,1H3,(H,21,22,27). The fraction of sp³-hybridized carbons (Fsp3) is 0.105. The number of aromatic nitrogens is 5. The number of hydrogen-bond donors (Lipinski definition) is 1. The smallest absolute Gasteiger partial charge is 0.284 e. The summed E-state index contributed by atoms with van der Waals surface area (Å²) >= 11 is 3.86. The fourth-order valence-electron chi connectivity index (χ4n) is 2.56. The van der Waals surface area contributed by atoms with Crippen LogP contribution in [0.5, 0.6) is 0 Å². The summed E-state index contributed by atoms with van der Waals surface area (Å²) in [4.78, 5) is 24.0. The number of nitrogens with one attached hydrogen (secondary N) is 1. The van der Waals surface area contributed by atoms with Gasteiger partial charge in [0.25, 0.3) is 11.6 Å². The van der Waals surface area contributed by atoms with Gasteiger partial charge in [-0.1, -0.05) is 53.4 Å². The SMILES string of the molecule is Cn1cnnc1Sc1ccc(C(=O)Nc2nnc(SCc3ccccc3)s2)cc1[N+](=O)[O-]. The first-order valence-corrected chi connectivity index (χ1v) is 11.7. The highest BCUT2D eigenvalue weighted by atomic mass is 32.2. The van der Waals surface area contributed by atoms with Crippen LogP contribution >= 0.6 is 34.9 Å². The molecule has 2 aromatic carbocycles. The molecule has 0 bridgehead atoms. The largest absolute Gasteiger partial charge is 0.311 e. The molecule has 162 valence electrons. The summed E-state index contributed by atoms with van der Waals surface area (Å²) in [7, 11) is 1.74. The van der Waals surface area contributed by atoms with Crippen molar-refractivity contribution in [2.75, 3.05) is 5.32 Å². The second kappa shape index (κ2) is 9.89. The molecule has 1 N–H and O–H groups in total. The number of nitro groups is 1. The number of rotatable bonds is 8. The summed E-state index contributed by atoms with van der Waals surface area (Å²) in [6.45, 7) is 0. The molecule has 4 rings (SSSR count). The number of anilines is 1. The zero-order valence-corrected chi connectivity index (χ0v) is 19.0. The van der Waals surface area contributed by atoms with Crippen molar-refractivity contribution in [2.45, 2.75) is 20.1 Å². The number of thioether (sulfide) groups is 1. The highest BCUT2D eigenvalue weighted by molar-refractivity contribution is 8.00. The first-order chi connectivity index (χ1) is 15.5. The van der Waals surface area contributed by atoms with E-state index < -0.39 is 10.8 Å². The lowest BCUT2D eigenvalue weighted by molar-refractivity contribution is -0.387. The third kappa shape index (κ3) is 5.30. The highest BCUT2D eigenvalue weighted by Gasteiger charge is 2.21. The Balaban J connectivity index is 1.44. The van der Waals surface area contributed by atoms with Crippen LogP contribution in [0.2, 0.25) is 0 Å². The molecule has 0 aliphatic carbocycles. The van der Waals surface area contributed by atoms with Crippen molar-refractivity contribution in [3.63, 3.8) is 0 Å². The number of nitro benzene ring substituents is 1. The number of amides is 1. The number of carbonyl (C=O) groups is 1. The molecule has 0 aliphatic rings. The minimum Gasteiger partial charge on any atom is -0.311 e. The zero-order valence-electron chi connectivity index (χ0n) is 16.5. The van der Waals surface area contributed by atoms with Gasteiger partial charge in [-0.3, -0.25) is 20.2 Å². The molecule has 4 aromatic rings. The maximum atomic E-state index is 12.6. The van der Waals surface area contributed by atoms with E-state index in [9.17, 15) is 14.9 Å². The molecule has 10 nitrogen and oxygen atoms in total. The summed E-state index contributed by atoms with van der Waals surface area (Å²) in [5.41, 5.74) is 1.11. The van der Waals surface area contributed by atoms with Gasteiger partial charge in [0.1, 0.15) is 6.33 Å². The van der Waals surface area contributed by atoms with Crippen LogP contribution in [-0.2, 0) is 12.8 Å². The van der Waals surface area contributed by atoms with Crippen molar-refractivity contribution < 1.29 is 9.72 Å². The van der Waals surface area contributed by atoms with Gasteiger partial charge in [-0.2, -0.15) is 0 Å². The maximum absolute atomic E-state index is 12.6. The van der Waals surface area contributed by atoms with Gasteiger partial charge >= 0.3 is 0 Å². The second-order valence-electron chi connectivity index (χ2n) is 6.37. The number of nitrogens with zero attached hydrogens (tertiary/aromatic N) is 6. The highest BCUT2D eigenvalue weighted by Crippen LogP contribution is 2.34. The summed E-state index contributed by atoms with van der Waals surface area (Å²) < 4.78 is 2.36. The average molecular weight is 486 g/mol. The second-order valence-corrected chi connectivity index (χ2v) is 9.58. The van der Waals surface area contributed by atoms with Crippen molar-refractivity contribution in [3.05, 3.63) is 76.1 Å². The van der Waals surface area contributed by atoms with Crippen molar-refractivity contribution in [1.29, 1.82) is 0 Å². The van der Waals surface area contributed by atoms with Crippen molar-refractivity contribution in [2.24, 2.45) is 7.05 Å². The minimum atomic E-state index is -0.529. The summed E-state index contributed by atoms with van der Waals surface area (Å²) in [5, 5.41) is 30.8. The Bertz CT molecular complexity index is 1260. The molecule has 2 heterocycles. The normalized spacial score (nSPS) is 10.8. The third-order valence-electron chi connectivity index (χ3n) is 4.12. The van der Waals surface area contributed by atoms with Crippen LogP contribution in [0.3, 0.4) is 0 Å². The quantitative estimate of drug-likeness (QED) is 0.168. The van der Waals surface area contributed by atoms with Gasteiger partial charge in [0.2, 0.25) is 5.13 Å². The number of aryl methyl sites for hydroxylation is 1. The summed E-state index contributed by atoms with van der Waals surface area (Å²) in [5.74, 6) is 0.236. The van der Waals surface area contributed by atoms with Crippen molar-refractivity contribution in [1.82, 2.24) is 25.0 Å². The van der Waals surface area contributed by atoms with Crippen LogP contribution in [0.4, 0.5) is 10.8 Å². The van der Waals surface area contributed by atoms with E-state index in [1.54, 1.807) is 11.6 Å². The van der Waals surface area contributed by atoms with Crippen LogP contribution in [0.15, 0.2) is 69.2 Å². The molecule has 2 aromatic heterocycles. The average Bonchev–Trinajstić information content (AvgIpc) is 3.41. The lowest BCUT2D eigenvalue weighted by atomic mass is 10.2. The molecule has 1 amide bonds. The molecule has 0 aliphatic heterocycles. The Morgan fingerprint density at radius 2 is 2.00 bits per heavy atom. The Labute approximate surface area is 194 Å². The van der Waals surface area contributed by atoms with Crippen molar-refractivity contribution in [3.8, 4) is 0 Å². The Hall–Kier alpha value is -3.29. The summed E-state index contributed by atoms with van der Waals surface area (Å²) in [6.07, 6.45) is 1.50. The fourth-order valence-corrected chi connectivity index (χ4v) is 5.11. The molecule has 13 heteroatoms. The molecule has 0 fully saturated rings. The maximum Gasteiger partial charge on any atom is 0.284 e. The minimum absolute atomic E-state index is 0.146. The molecule has 32 heavy (non-hydrogen) atoms. The van der Waals surface area contributed by atoms with E-state index in [4.69, 9.17) is 0 Å². The number of benzene rings is 2. The van der Waals surface area contributed by atoms with Gasteiger partial charge < -0.3 is 4.57 Å². The van der Waals surface area contributed by atoms with E-state index in [2.05, 4.69) is 25.7 Å². The van der Waals surface area contributed by atoms with Gasteiger partial charge in [0, 0.05) is 24.4 Å². The van der Waals surface area contributed by atoms with Crippen LogP contribution in [-0.4, -0.2) is 35.8 Å². The van der Waals surface area contributed by atoms with Crippen LogP contribution in [0.1, 0.15) is 15.9 Å². The van der Waals surface area contributed by atoms with Crippen LogP contribution < -0.4 is 5.32 Å². The van der Waals surface area contributed by atoms with Gasteiger partial charge in [-0.05, 0) is 29.5 Å².